The van der Waals surface area contributed by atoms with Crippen LogP contribution in [0.25, 0.3) is 0 Å². The fraction of sp³-hybridized carbons (Fsp3) is 0.526. The minimum absolute atomic E-state index is 0.0885. The van der Waals surface area contributed by atoms with Crippen molar-refractivity contribution in [1.82, 2.24) is 0 Å². The summed E-state index contributed by atoms with van der Waals surface area (Å²) in [5, 5.41) is 43.1. The number of hydrogen-bond acceptors (Lipinski definition) is 6. The van der Waals surface area contributed by atoms with E-state index in [1.165, 1.54) is 6.07 Å². The topological polar surface area (TPSA) is 111 Å². The van der Waals surface area contributed by atoms with Crippen molar-refractivity contribution in [3.8, 4) is 5.75 Å². The highest BCUT2D eigenvalue weighted by atomic mass is 16.7. The van der Waals surface area contributed by atoms with E-state index < -0.39 is 34.9 Å². The smallest absolute Gasteiger partial charge is 0.201 e. The van der Waals surface area contributed by atoms with Crippen molar-refractivity contribution >= 4 is 5.78 Å². The van der Waals surface area contributed by atoms with Crippen LogP contribution in [0.15, 0.2) is 29.8 Å². The molecule has 6 heteroatoms. The van der Waals surface area contributed by atoms with Crippen LogP contribution >= 0.6 is 0 Å². The number of hydrogen-bond donors (Lipinski definition) is 4. The van der Waals surface area contributed by atoms with E-state index >= 15 is 0 Å². The fourth-order valence-electron chi connectivity index (χ4n) is 5.72. The number of aromatic hydroxyl groups is 1. The van der Waals surface area contributed by atoms with Crippen LogP contribution in [0.1, 0.15) is 48.2 Å². The van der Waals surface area contributed by atoms with Crippen LogP contribution in [0.2, 0.25) is 0 Å². The van der Waals surface area contributed by atoms with Gasteiger partial charge in [-0.25, -0.2) is 0 Å². The first-order valence-corrected chi connectivity index (χ1v) is 8.59. The molecule has 6 atom stereocenters. The highest BCUT2D eigenvalue weighted by molar-refractivity contribution is 6.10. The average molecular weight is 344 g/mol. The molecule has 25 heavy (non-hydrogen) atoms. The van der Waals surface area contributed by atoms with Crippen molar-refractivity contribution in [2.75, 3.05) is 0 Å². The Morgan fingerprint density at radius 3 is 2.76 bits per heavy atom. The number of ketones is 1. The lowest BCUT2D eigenvalue weighted by Crippen LogP contribution is -2.63. The molecule has 1 heterocycles. The molecule has 132 valence electrons. The van der Waals surface area contributed by atoms with Gasteiger partial charge in [0.2, 0.25) is 5.78 Å². The van der Waals surface area contributed by atoms with Crippen molar-refractivity contribution in [2.45, 2.75) is 55.2 Å². The van der Waals surface area contributed by atoms with Crippen LogP contribution < -0.4 is 0 Å². The standard InChI is InChI=1S/C19H20O6/c1-9-7-12(21)14-17(24,8-9)5-6-18-16(23)13-10(3-2-4-11(13)20)15(22)19(14,18)25-18/h2-4,7,12,14-15,20-22,24H,5-6,8H2,1H3/t12-,14?,15+,17+,18-,19+/m1/s1. The molecule has 0 amide bonds. The molecule has 3 aliphatic carbocycles. The number of aliphatic hydroxyl groups excluding tert-OH is 2. The Kier molecular flexibility index (Phi) is 2.68. The van der Waals surface area contributed by atoms with Gasteiger partial charge in [-0.15, -0.1) is 0 Å². The van der Waals surface area contributed by atoms with E-state index in [2.05, 4.69) is 0 Å². The molecule has 1 aliphatic heterocycles. The summed E-state index contributed by atoms with van der Waals surface area (Å²) in [4.78, 5) is 13.2. The maximum atomic E-state index is 13.2. The molecule has 4 aliphatic rings. The summed E-state index contributed by atoms with van der Waals surface area (Å²) in [6.45, 7) is 1.85. The van der Waals surface area contributed by atoms with Gasteiger partial charge in [0.1, 0.15) is 17.5 Å². The lowest BCUT2D eigenvalue weighted by Gasteiger charge is -2.51. The zero-order valence-corrected chi connectivity index (χ0v) is 13.8. The normalized spacial score (nSPS) is 47.1. The maximum absolute atomic E-state index is 13.2. The number of fused-ring (bicyclic) bond motifs is 2. The largest absolute Gasteiger partial charge is 0.507 e. The van der Waals surface area contributed by atoms with Crippen LogP contribution in [0, 0.1) is 5.92 Å². The molecule has 0 spiro atoms. The van der Waals surface area contributed by atoms with E-state index in [4.69, 9.17) is 4.74 Å². The van der Waals surface area contributed by atoms with Crippen LogP contribution in [0.4, 0.5) is 0 Å². The second kappa shape index (κ2) is 4.32. The van der Waals surface area contributed by atoms with Crippen LogP contribution in [0.5, 0.6) is 5.75 Å². The molecule has 4 N–H and O–H groups in total. The van der Waals surface area contributed by atoms with Gasteiger partial charge in [-0.05, 0) is 37.8 Å². The average Bonchev–Trinajstić information content (AvgIpc) is 3.23. The fourth-order valence-corrected chi connectivity index (χ4v) is 5.72. The number of carbonyl (C=O) groups is 1. The van der Waals surface area contributed by atoms with Crippen LogP contribution in [-0.2, 0) is 4.74 Å². The van der Waals surface area contributed by atoms with Crippen molar-refractivity contribution in [1.29, 1.82) is 0 Å². The molecular weight excluding hydrogens is 324 g/mol. The Balaban J connectivity index is 1.74. The van der Waals surface area contributed by atoms with Gasteiger partial charge < -0.3 is 25.2 Å². The van der Waals surface area contributed by atoms with Crippen molar-refractivity contribution in [2.24, 2.45) is 5.92 Å². The first kappa shape index (κ1) is 15.5. The zero-order valence-electron chi connectivity index (χ0n) is 13.8. The molecule has 1 saturated heterocycles. The molecule has 1 aromatic rings. The molecule has 0 bridgehead atoms. The third kappa shape index (κ3) is 1.53. The van der Waals surface area contributed by atoms with E-state index in [0.717, 1.165) is 5.57 Å². The Labute approximate surface area is 144 Å². The molecule has 1 aromatic carbocycles. The van der Waals surface area contributed by atoms with Crippen molar-refractivity contribution in [3.63, 3.8) is 0 Å². The van der Waals surface area contributed by atoms with Crippen LogP contribution in [-0.4, -0.2) is 49.1 Å². The van der Waals surface area contributed by atoms with E-state index in [-0.39, 0.29) is 23.5 Å². The second-order valence-electron chi connectivity index (χ2n) is 7.96. The lowest BCUT2D eigenvalue weighted by atomic mass is 9.53. The molecule has 6 nitrogen and oxygen atoms in total. The van der Waals surface area contributed by atoms with Gasteiger partial charge in [0, 0.05) is 0 Å². The van der Waals surface area contributed by atoms with Crippen LogP contribution in [0.3, 0.4) is 0 Å². The second-order valence-corrected chi connectivity index (χ2v) is 7.96. The predicted molar refractivity (Wildman–Crippen MR) is 86.0 cm³/mol. The van der Waals surface area contributed by atoms with Gasteiger partial charge in [-0.3, -0.25) is 4.79 Å². The summed E-state index contributed by atoms with van der Waals surface area (Å²) in [5.41, 5.74) is -2.60. The van der Waals surface area contributed by atoms with Gasteiger partial charge in [0.25, 0.3) is 0 Å². The quantitative estimate of drug-likeness (QED) is 0.412. The summed E-state index contributed by atoms with van der Waals surface area (Å²) in [7, 11) is 0. The molecule has 1 unspecified atom stereocenters. The monoisotopic (exact) mass is 344 g/mol. The summed E-state index contributed by atoms with van der Waals surface area (Å²) in [6.07, 6.45) is 0.380. The summed E-state index contributed by atoms with van der Waals surface area (Å²) in [6, 6.07) is 4.56. The van der Waals surface area contributed by atoms with Crippen molar-refractivity contribution < 1.29 is 30.0 Å². The molecular formula is C19H20O6. The Morgan fingerprint density at radius 2 is 2.00 bits per heavy atom. The van der Waals surface area contributed by atoms with E-state index in [0.29, 0.717) is 18.4 Å². The van der Waals surface area contributed by atoms with E-state index in [1.54, 1.807) is 18.2 Å². The molecule has 5 rings (SSSR count). The number of ether oxygens (including phenoxy) is 1. The molecule has 0 aromatic heterocycles. The minimum Gasteiger partial charge on any atom is -0.507 e. The third-order valence-electron chi connectivity index (χ3n) is 6.63. The molecule has 0 radical (unpaired) electrons. The minimum atomic E-state index is -1.35. The van der Waals surface area contributed by atoms with Gasteiger partial charge in [-0.1, -0.05) is 23.8 Å². The van der Waals surface area contributed by atoms with Gasteiger partial charge in [-0.2, -0.15) is 0 Å². The maximum Gasteiger partial charge on any atom is 0.201 e. The number of Topliss-reactive ketones (excluding diaryl/α,β-unsaturated/α-hetero) is 1. The van der Waals surface area contributed by atoms with Crippen molar-refractivity contribution in [3.05, 3.63) is 41.0 Å². The number of carbonyl (C=O) groups excluding carboxylic acids is 1. The Hall–Kier alpha value is -1.73. The highest BCUT2D eigenvalue weighted by Gasteiger charge is 2.87. The first-order chi connectivity index (χ1) is 11.8. The number of benzene rings is 1. The summed E-state index contributed by atoms with van der Waals surface area (Å²) in [5.74, 6) is -1.35. The molecule has 2 fully saturated rings. The zero-order chi connectivity index (χ0) is 17.8. The molecule has 1 saturated carbocycles. The number of phenols is 1. The number of phenolic OH excluding ortho intramolecular Hbond substituents is 1. The Bertz CT molecular complexity index is 846. The number of epoxide rings is 1. The third-order valence-corrected chi connectivity index (χ3v) is 6.63. The first-order valence-electron chi connectivity index (χ1n) is 8.59. The van der Waals surface area contributed by atoms with E-state index in [9.17, 15) is 25.2 Å². The summed E-state index contributed by atoms with van der Waals surface area (Å²) >= 11 is 0. The van der Waals surface area contributed by atoms with Gasteiger partial charge in [0.05, 0.1) is 23.2 Å². The predicted octanol–water partition coefficient (Wildman–Crippen LogP) is 0.982. The van der Waals surface area contributed by atoms with Gasteiger partial charge >= 0.3 is 0 Å². The van der Waals surface area contributed by atoms with E-state index in [1.807, 2.05) is 6.92 Å². The lowest BCUT2D eigenvalue weighted by molar-refractivity contribution is -0.137. The van der Waals surface area contributed by atoms with Gasteiger partial charge in [0.15, 0.2) is 5.60 Å². The summed E-state index contributed by atoms with van der Waals surface area (Å²) < 4.78 is 5.96. The SMILES string of the molecule is CC1=C[C@@H](O)C2[C@](O)(CC[C@]34O[C@]23[C@@H](O)c2cccc(O)c2C4=O)C1. The Morgan fingerprint density at radius 1 is 1.24 bits per heavy atom. The number of rotatable bonds is 0. The highest BCUT2D eigenvalue weighted by Crippen LogP contribution is 2.72. The number of aliphatic hydroxyl groups is 3.